The molecule has 0 saturated carbocycles. The van der Waals surface area contributed by atoms with Crippen molar-refractivity contribution < 1.29 is 14.3 Å². The SMILES string of the molecule is CN(C)C(=O)N1CCC(C(=O)N2C[C@@H]3NCCO[C@H]3C2)CC1.Cl. The van der Waals surface area contributed by atoms with E-state index < -0.39 is 0 Å². The van der Waals surface area contributed by atoms with E-state index in [1.165, 1.54) is 0 Å². The van der Waals surface area contributed by atoms with Gasteiger partial charge < -0.3 is 24.8 Å². The molecule has 0 aliphatic carbocycles. The van der Waals surface area contributed by atoms with E-state index in [9.17, 15) is 9.59 Å². The van der Waals surface area contributed by atoms with Crippen LogP contribution in [0.3, 0.4) is 0 Å². The van der Waals surface area contributed by atoms with Gasteiger partial charge in [0.25, 0.3) is 0 Å². The van der Waals surface area contributed by atoms with Crippen LogP contribution < -0.4 is 5.32 Å². The zero-order valence-electron chi connectivity index (χ0n) is 13.9. The first-order valence-corrected chi connectivity index (χ1v) is 8.16. The molecule has 3 saturated heterocycles. The first-order chi connectivity index (χ1) is 10.6. The number of nitrogens with one attached hydrogen (secondary N) is 1. The van der Waals surface area contributed by atoms with Crippen LogP contribution in [0.2, 0.25) is 0 Å². The second kappa shape index (κ2) is 7.68. The van der Waals surface area contributed by atoms with Crippen LogP contribution in [0, 0.1) is 5.92 Å². The Hall–Kier alpha value is -1.05. The van der Waals surface area contributed by atoms with E-state index in [0.717, 1.165) is 32.5 Å². The molecule has 7 nitrogen and oxygen atoms in total. The van der Waals surface area contributed by atoms with Crippen molar-refractivity contribution in [1.29, 1.82) is 0 Å². The molecule has 0 aromatic rings. The third-order valence-electron chi connectivity index (χ3n) is 4.92. The summed E-state index contributed by atoms with van der Waals surface area (Å²) in [7, 11) is 3.52. The molecule has 3 amide bonds. The van der Waals surface area contributed by atoms with E-state index in [2.05, 4.69) is 5.32 Å². The number of fused-ring (bicyclic) bond motifs is 1. The number of rotatable bonds is 1. The Balaban J connectivity index is 0.00000192. The Morgan fingerprint density at radius 2 is 1.83 bits per heavy atom. The fourth-order valence-corrected chi connectivity index (χ4v) is 3.63. The molecule has 3 fully saturated rings. The summed E-state index contributed by atoms with van der Waals surface area (Å²) in [6, 6.07) is 0.323. The highest BCUT2D eigenvalue weighted by Gasteiger charge is 2.40. The lowest BCUT2D eigenvalue weighted by atomic mass is 9.95. The Bertz CT molecular complexity index is 426. The third-order valence-corrected chi connectivity index (χ3v) is 4.92. The number of amides is 3. The van der Waals surface area contributed by atoms with Crippen molar-refractivity contribution in [2.45, 2.75) is 25.0 Å². The number of piperidine rings is 1. The lowest BCUT2D eigenvalue weighted by Crippen LogP contribution is -2.47. The van der Waals surface area contributed by atoms with Gasteiger partial charge in [0.1, 0.15) is 0 Å². The van der Waals surface area contributed by atoms with Crippen LogP contribution in [0.15, 0.2) is 0 Å². The summed E-state index contributed by atoms with van der Waals surface area (Å²) in [5.74, 6) is 0.281. The van der Waals surface area contributed by atoms with E-state index in [0.29, 0.717) is 19.6 Å². The first kappa shape index (κ1) is 18.3. The van der Waals surface area contributed by atoms with Crippen molar-refractivity contribution in [2.24, 2.45) is 5.92 Å². The molecule has 2 atom stereocenters. The van der Waals surface area contributed by atoms with Gasteiger partial charge in [0.15, 0.2) is 0 Å². The molecule has 0 unspecified atom stereocenters. The highest BCUT2D eigenvalue weighted by molar-refractivity contribution is 5.85. The largest absolute Gasteiger partial charge is 0.373 e. The highest BCUT2D eigenvalue weighted by atomic mass is 35.5. The fourth-order valence-electron chi connectivity index (χ4n) is 3.63. The monoisotopic (exact) mass is 346 g/mol. The van der Waals surface area contributed by atoms with Crippen molar-refractivity contribution in [2.75, 3.05) is 53.4 Å². The molecule has 0 bridgehead atoms. The van der Waals surface area contributed by atoms with Crippen molar-refractivity contribution in [1.82, 2.24) is 20.0 Å². The van der Waals surface area contributed by atoms with Crippen LogP contribution >= 0.6 is 12.4 Å². The Labute approximate surface area is 143 Å². The van der Waals surface area contributed by atoms with Gasteiger partial charge in [0, 0.05) is 52.7 Å². The zero-order valence-corrected chi connectivity index (χ0v) is 14.7. The molecule has 23 heavy (non-hydrogen) atoms. The summed E-state index contributed by atoms with van der Waals surface area (Å²) in [4.78, 5) is 30.0. The number of hydrogen-bond acceptors (Lipinski definition) is 4. The normalized spacial score (nSPS) is 28.1. The standard InChI is InChI=1S/C15H26N4O3.ClH/c1-17(2)15(21)18-6-3-11(4-7-18)14(20)19-9-12-13(10-19)22-8-5-16-12;/h11-13,16H,3-10H2,1-2H3;1H/t12-,13-;/m0./s1. The number of likely N-dealkylation sites (tertiary alicyclic amines) is 2. The van der Waals surface area contributed by atoms with Gasteiger partial charge in [-0.25, -0.2) is 4.79 Å². The molecule has 0 spiro atoms. The molecule has 3 aliphatic heterocycles. The minimum Gasteiger partial charge on any atom is -0.373 e. The van der Waals surface area contributed by atoms with Crippen LogP contribution in [0.1, 0.15) is 12.8 Å². The third kappa shape index (κ3) is 3.89. The maximum atomic E-state index is 12.7. The number of morpholine rings is 1. The maximum absolute atomic E-state index is 12.7. The summed E-state index contributed by atoms with van der Waals surface area (Å²) in [6.07, 6.45) is 1.67. The molecule has 0 aromatic heterocycles. The van der Waals surface area contributed by atoms with Gasteiger partial charge in [-0.2, -0.15) is 0 Å². The van der Waals surface area contributed by atoms with E-state index in [1.54, 1.807) is 19.0 Å². The molecule has 132 valence electrons. The summed E-state index contributed by atoms with van der Waals surface area (Å²) in [5.41, 5.74) is 0. The fraction of sp³-hybridized carbons (Fsp3) is 0.867. The second-order valence-electron chi connectivity index (χ2n) is 6.65. The average molecular weight is 347 g/mol. The van der Waals surface area contributed by atoms with Crippen LogP contribution in [0.4, 0.5) is 4.79 Å². The Kier molecular flexibility index (Phi) is 6.11. The van der Waals surface area contributed by atoms with Gasteiger partial charge in [-0.05, 0) is 12.8 Å². The van der Waals surface area contributed by atoms with E-state index in [-0.39, 0.29) is 42.4 Å². The van der Waals surface area contributed by atoms with E-state index >= 15 is 0 Å². The topological polar surface area (TPSA) is 65.1 Å². The van der Waals surface area contributed by atoms with Crippen LogP contribution in [-0.4, -0.2) is 92.2 Å². The molecule has 3 heterocycles. The molecular weight excluding hydrogens is 320 g/mol. The minimum absolute atomic E-state index is 0. The van der Waals surface area contributed by atoms with Crippen LogP contribution in [0.25, 0.3) is 0 Å². The van der Waals surface area contributed by atoms with E-state index in [1.807, 2.05) is 9.80 Å². The summed E-state index contributed by atoms with van der Waals surface area (Å²) in [5, 5.41) is 3.43. The number of carbonyl (C=O) groups excluding carboxylic acids is 2. The van der Waals surface area contributed by atoms with Crippen LogP contribution in [-0.2, 0) is 9.53 Å². The minimum atomic E-state index is 0. The number of hydrogen-bond donors (Lipinski definition) is 1. The number of carbonyl (C=O) groups is 2. The predicted octanol–water partition coefficient (Wildman–Crippen LogP) is 0.00100. The summed E-state index contributed by atoms with van der Waals surface area (Å²) < 4.78 is 5.73. The van der Waals surface area contributed by atoms with Gasteiger partial charge in [-0.3, -0.25) is 4.79 Å². The van der Waals surface area contributed by atoms with E-state index in [4.69, 9.17) is 4.74 Å². The van der Waals surface area contributed by atoms with Gasteiger partial charge in [0.05, 0.1) is 18.8 Å². The van der Waals surface area contributed by atoms with Crippen molar-refractivity contribution >= 4 is 24.3 Å². The van der Waals surface area contributed by atoms with Crippen molar-refractivity contribution in [3.05, 3.63) is 0 Å². The highest BCUT2D eigenvalue weighted by Crippen LogP contribution is 2.24. The maximum Gasteiger partial charge on any atom is 0.319 e. The molecule has 3 rings (SSSR count). The summed E-state index contributed by atoms with van der Waals surface area (Å²) in [6.45, 7) is 4.39. The molecular formula is C15H27ClN4O3. The Morgan fingerprint density at radius 1 is 1.13 bits per heavy atom. The number of nitrogens with zero attached hydrogens (tertiary/aromatic N) is 3. The lowest BCUT2D eigenvalue weighted by molar-refractivity contribution is -0.136. The summed E-state index contributed by atoms with van der Waals surface area (Å²) >= 11 is 0. The van der Waals surface area contributed by atoms with Gasteiger partial charge in [-0.15, -0.1) is 12.4 Å². The molecule has 3 aliphatic rings. The second-order valence-corrected chi connectivity index (χ2v) is 6.65. The van der Waals surface area contributed by atoms with Gasteiger partial charge >= 0.3 is 6.03 Å². The number of ether oxygens (including phenoxy) is 1. The van der Waals surface area contributed by atoms with Crippen LogP contribution in [0.5, 0.6) is 0 Å². The van der Waals surface area contributed by atoms with Gasteiger partial charge in [-0.1, -0.05) is 0 Å². The molecule has 0 aromatic carbocycles. The van der Waals surface area contributed by atoms with Gasteiger partial charge in [0.2, 0.25) is 5.91 Å². The Morgan fingerprint density at radius 3 is 2.43 bits per heavy atom. The van der Waals surface area contributed by atoms with Crippen molar-refractivity contribution in [3.63, 3.8) is 0 Å². The zero-order chi connectivity index (χ0) is 15.7. The molecule has 0 radical (unpaired) electrons. The average Bonchev–Trinajstić information content (AvgIpc) is 2.97. The molecule has 1 N–H and O–H groups in total. The number of halogens is 1. The smallest absolute Gasteiger partial charge is 0.319 e. The first-order valence-electron chi connectivity index (χ1n) is 8.16. The predicted molar refractivity (Wildman–Crippen MR) is 88.7 cm³/mol. The quantitative estimate of drug-likeness (QED) is 0.726. The van der Waals surface area contributed by atoms with Crippen molar-refractivity contribution in [3.8, 4) is 0 Å². The molecule has 8 heteroatoms. The number of urea groups is 1. The lowest BCUT2D eigenvalue weighted by Gasteiger charge is -2.34.